The van der Waals surface area contributed by atoms with E-state index in [0.717, 1.165) is 18.4 Å². The normalized spacial score (nSPS) is 22.4. The molecular formula is C31H31FN2O3. The number of hydrogen-bond donors (Lipinski definition) is 1. The first kappa shape index (κ1) is 24.8. The molecule has 0 unspecified atom stereocenters. The lowest BCUT2D eigenvalue weighted by molar-refractivity contribution is -0.117. The van der Waals surface area contributed by atoms with Crippen LogP contribution < -0.4 is 15.0 Å². The van der Waals surface area contributed by atoms with Crippen molar-refractivity contribution in [3.63, 3.8) is 0 Å². The summed E-state index contributed by atoms with van der Waals surface area (Å²) >= 11 is 0. The number of amides is 2. The molecule has 190 valence electrons. The zero-order valence-corrected chi connectivity index (χ0v) is 21.1. The van der Waals surface area contributed by atoms with Crippen molar-refractivity contribution in [2.75, 3.05) is 4.90 Å². The fourth-order valence-electron chi connectivity index (χ4n) is 5.16. The Balaban J connectivity index is 1.34. The van der Waals surface area contributed by atoms with E-state index in [-0.39, 0.29) is 36.0 Å². The summed E-state index contributed by atoms with van der Waals surface area (Å²) in [6, 6.07) is 20.9. The number of hydrogen-bond acceptors (Lipinski definition) is 3. The summed E-state index contributed by atoms with van der Waals surface area (Å²) in [5.74, 6) is 1.03. The quantitative estimate of drug-likeness (QED) is 0.417. The van der Waals surface area contributed by atoms with Crippen LogP contribution in [0.2, 0.25) is 0 Å². The average Bonchev–Trinajstić information content (AvgIpc) is 2.89. The van der Waals surface area contributed by atoms with E-state index in [9.17, 15) is 14.0 Å². The van der Waals surface area contributed by atoms with Crippen LogP contribution in [0.25, 0.3) is 6.08 Å². The van der Waals surface area contributed by atoms with Crippen LogP contribution in [0.3, 0.4) is 0 Å². The predicted molar refractivity (Wildman–Crippen MR) is 143 cm³/mol. The lowest BCUT2D eigenvalue weighted by Gasteiger charge is -2.34. The minimum absolute atomic E-state index is 0.0784. The number of nitrogens with one attached hydrogen (secondary N) is 1. The second-order valence-electron chi connectivity index (χ2n) is 10.1. The fraction of sp³-hybridized carbons (Fsp3) is 0.290. The minimum Gasteiger partial charge on any atom is -0.449 e. The molecule has 1 aliphatic heterocycles. The molecule has 1 saturated carbocycles. The molecule has 6 heteroatoms. The molecule has 2 aliphatic rings. The van der Waals surface area contributed by atoms with Crippen LogP contribution in [-0.2, 0) is 11.3 Å². The molecule has 1 aliphatic carbocycles. The predicted octanol–water partition coefficient (Wildman–Crippen LogP) is 6.35. The summed E-state index contributed by atoms with van der Waals surface area (Å²) < 4.78 is 19.7. The number of anilines is 1. The van der Waals surface area contributed by atoms with Crippen LogP contribution in [0.4, 0.5) is 10.1 Å². The topological polar surface area (TPSA) is 58.6 Å². The van der Waals surface area contributed by atoms with Crippen LogP contribution in [0.1, 0.15) is 54.6 Å². The van der Waals surface area contributed by atoms with Crippen LogP contribution in [-0.4, -0.2) is 17.9 Å². The van der Waals surface area contributed by atoms with Crippen molar-refractivity contribution in [2.24, 2.45) is 11.8 Å². The lowest BCUT2D eigenvalue weighted by atomic mass is 9.78. The largest absolute Gasteiger partial charge is 0.449 e. The summed E-state index contributed by atoms with van der Waals surface area (Å²) in [5.41, 5.74) is 2.64. The number of halogens is 1. The molecule has 37 heavy (non-hydrogen) atoms. The van der Waals surface area contributed by atoms with Crippen molar-refractivity contribution in [3.8, 4) is 5.75 Å². The number of nitrogens with zero attached hydrogens (tertiary/aromatic N) is 1. The monoisotopic (exact) mass is 498 g/mol. The Hall–Kier alpha value is -3.93. The second-order valence-corrected chi connectivity index (χ2v) is 10.1. The number of rotatable bonds is 5. The SMILES string of the molecule is C[C@@H]1[C@H](C)CCC[C@H]1NC(=O)c1ccc(/C=C2\Oc3ccccc3N(Cc3cccc(F)c3)C2=O)cc1. The molecule has 1 N–H and O–H groups in total. The molecule has 1 heterocycles. The van der Waals surface area contributed by atoms with E-state index < -0.39 is 0 Å². The summed E-state index contributed by atoms with van der Waals surface area (Å²) in [6.07, 6.45) is 5.02. The maximum absolute atomic E-state index is 13.8. The van der Waals surface area contributed by atoms with Crippen LogP contribution in [0.5, 0.6) is 5.75 Å². The van der Waals surface area contributed by atoms with Crippen molar-refractivity contribution < 1.29 is 18.7 Å². The molecule has 1 fully saturated rings. The standard InChI is InChI=1S/C31H31FN2O3/c1-20-7-5-10-26(21(20)2)33-30(35)24-15-13-22(14-16-24)18-29-31(36)34(19-23-8-6-9-25(32)17-23)27-11-3-4-12-28(27)37-29/h3-4,6,8-9,11-18,20-21,26H,5,7,10,19H2,1-2H3,(H,33,35)/b29-18-/t20-,21-,26-/m1/s1. The van der Waals surface area contributed by atoms with E-state index in [4.69, 9.17) is 4.74 Å². The molecule has 0 aromatic heterocycles. The van der Waals surface area contributed by atoms with Gasteiger partial charge in [0.1, 0.15) is 5.82 Å². The molecule has 0 saturated heterocycles. The molecule has 5 rings (SSSR count). The van der Waals surface area contributed by atoms with Gasteiger partial charge in [-0.2, -0.15) is 0 Å². The van der Waals surface area contributed by atoms with E-state index in [1.807, 2.05) is 30.3 Å². The Kier molecular flexibility index (Phi) is 7.08. The van der Waals surface area contributed by atoms with Gasteiger partial charge < -0.3 is 10.1 Å². The number of benzene rings is 3. The molecule has 0 spiro atoms. The van der Waals surface area contributed by atoms with Gasteiger partial charge in [0, 0.05) is 11.6 Å². The summed E-state index contributed by atoms with van der Waals surface area (Å²) in [4.78, 5) is 27.9. The third-order valence-corrected chi connectivity index (χ3v) is 7.56. The second kappa shape index (κ2) is 10.6. The molecule has 3 aromatic carbocycles. The molecule has 3 atom stereocenters. The van der Waals surface area contributed by atoms with Gasteiger partial charge in [0.25, 0.3) is 11.8 Å². The maximum Gasteiger partial charge on any atom is 0.294 e. The maximum atomic E-state index is 13.8. The van der Waals surface area contributed by atoms with Crippen molar-refractivity contribution in [1.29, 1.82) is 0 Å². The molecule has 0 bridgehead atoms. The first-order chi connectivity index (χ1) is 17.9. The van der Waals surface area contributed by atoms with E-state index in [2.05, 4.69) is 19.2 Å². The first-order valence-electron chi connectivity index (χ1n) is 12.8. The van der Waals surface area contributed by atoms with Gasteiger partial charge in [-0.15, -0.1) is 0 Å². The zero-order valence-electron chi connectivity index (χ0n) is 21.1. The third kappa shape index (κ3) is 5.43. The number of carbonyl (C=O) groups excluding carboxylic acids is 2. The lowest BCUT2D eigenvalue weighted by Crippen LogP contribution is -2.43. The van der Waals surface area contributed by atoms with Gasteiger partial charge in [0.05, 0.1) is 12.2 Å². The van der Waals surface area contributed by atoms with Crippen molar-refractivity contribution >= 4 is 23.6 Å². The first-order valence-corrected chi connectivity index (χ1v) is 12.8. The minimum atomic E-state index is -0.348. The zero-order chi connectivity index (χ0) is 25.9. The van der Waals surface area contributed by atoms with Crippen molar-refractivity contribution in [2.45, 2.75) is 45.7 Å². The van der Waals surface area contributed by atoms with Crippen LogP contribution >= 0.6 is 0 Å². The number of carbonyl (C=O) groups is 2. The van der Waals surface area contributed by atoms with E-state index in [0.29, 0.717) is 34.4 Å². The smallest absolute Gasteiger partial charge is 0.294 e. The number of fused-ring (bicyclic) bond motifs is 1. The van der Waals surface area contributed by atoms with Crippen LogP contribution in [0, 0.1) is 17.7 Å². The Morgan fingerprint density at radius 1 is 1.05 bits per heavy atom. The van der Waals surface area contributed by atoms with E-state index in [1.165, 1.54) is 18.6 Å². The van der Waals surface area contributed by atoms with Crippen molar-refractivity contribution in [1.82, 2.24) is 5.32 Å². The van der Waals surface area contributed by atoms with Gasteiger partial charge in [0.15, 0.2) is 11.5 Å². The number of ether oxygens (including phenoxy) is 1. The Morgan fingerprint density at radius 2 is 1.84 bits per heavy atom. The third-order valence-electron chi connectivity index (χ3n) is 7.56. The van der Waals surface area contributed by atoms with E-state index in [1.54, 1.807) is 41.3 Å². The molecular weight excluding hydrogens is 467 g/mol. The highest BCUT2D eigenvalue weighted by atomic mass is 19.1. The molecule has 3 aromatic rings. The van der Waals surface area contributed by atoms with Gasteiger partial charge in [0.2, 0.25) is 0 Å². The summed E-state index contributed by atoms with van der Waals surface area (Å²) in [7, 11) is 0. The summed E-state index contributed by atoms with van der Waals surface area (Å²) in [5, 5.41) is 3.20. The highest BCUT2D eigenvalue weighted by Crippen LogP contribution is 2.36. The van der Waals surface area contributed by atoms with Gasteiger partial charge in [-0.1, -0.05) is 63.1 Å². The van der Waals surface area contributed by atoms with Gasteiger partial charge in [-0.05, 0) is 71.9 Å². The molecule has 0 radical (unpaired) electrons. The Bertz CT molecular complexity index is 1330. The van der Waals surface area contributed by atoms with Crippen molar-refractivity contribution in [3.05, 3.63) is 101 Å². The molecule has 5 nitrogen and oxygen atoms in total. The molecule has 2 amide bonds. The summed E-state index contributed by atoms with van der Waals surface area (Å²) in [6.45, 7) is 4.67. The fourth-order valence-corrected chi connectivity index (χ4v) is 5.16. The van der Waals surface area contributed by atoms with Gasteiger partial charge in [-0.25, -0.2) is 4.39 Å². The average molecular weight is 499 g/mol. The van der Waals surface area contributed by atoms with Crippen LogP contribution in [0.15, 0.2) is 78.6 Å². The van der Waals surface area contributed by atoms with E-state index >= 15 is 0 Å². The highest BCUT2D eigenvalue weighted by Gasteiger charge is 2.31. The van der Waals surface area contributed by atoms with Gasteiger partial charge in [-0.3, -0.25) is 14.5 Å². The highest BCUT2D eigenvalue weighted by molar-refractivity contribution is 6.09. The Labute approximate surface area is 217 Å². The number of para-hydroxylation sites is 2. The Morgan fingerprint density at radius 3 is 2.62 bits per heavy atom. The van der Waals surface area contributed by atoms with Gasteiger partial charge >= 0.3 is 0 Å².